The summed E-state index contributed by atoms with van der Waals surface area (Å²) in [5, 5.41) is 0. The Morgan fingerprint density at radius 1 is 1.00 bits per heavy atom. The second kappa shape index (κ2) is 9.38. The highest BCUT2D eigenvalue weighted by Crippen LogP contribution is 2.21. The molecule has 1 aliphatic heterocycles. The Labute approximate surface area is 150 Å². The van der Waals surface area contributed by atoms with Crippen LogP contribution in [0.4, 0.5) is 0 Å². The Bertz CT molecular complexity index is 642. The van der Waals surface area contributed by atoms with E-state index in [2.05, 4.69) is 35.2 Å². The monoisotopic (exact) mass is 337 g/mol. The van der Waals surface area contributed by atoms with E-state index < -0.39 is 0 Å². The molecule has 3 nitrogen and oxygen atoms in total. The van der Waals surface area contributed by atoms with Gasteiger partial charge in [-0.25, -0.2) is 4.79 Å². The van der Waals surface area contributed by atoms with Crippen molar-refractivity contribution in [2.75, 3.05) is 19.7 Å². The Balaban J connectivity index is 1.43. The predicted octanol–water partition coefficient (Wildman–Crippen LogP) is 4.33. The van der Waals surface area contributed by atoms with E-state index in [-0.39, 0.29) is 5.97 Å². The van der Waals surface area contributed by atoms with Crippen LogP contribution in [-0.2, 0) is 11.2 Å². The average Bonchev–Trinajstić information content (AvgIpc) is 2.68. The van der Waals surface area contributed by atoms with Crippen LogP contribution in [0.1, 0.15) is 41.6 Å². The minimum atomic E-state index is -0.222. The number of hydrogen-bond acceptors (Lipinski definition) is 3. The third kappa shape index (κ3) is 5.43. The van der Waals surface area contributed by atoms with Crippen LogP contribution in [0.2, 0.25) is 0 Å². The van der Waals surface area contributed by atoms with Crippen molar-refractivity contribution in [3.8, 4) is 0 Å². The summed E-state index contributed by atoms with van der Waals surface area (Å²) in [6.07, 6.45) is 5.86. The van der Waals surface area contributed by atoms with E-state index >= 15 is 0 Å². The summed E-state index contributed by atoms with van der Waals surface area (Å²) in [5.74, 6) is -0.222. The zero-order valence-corrected chi connectivity index (χ0v) is 14.8. The molecule has 2 aromatic carbocycles. The highest BCUT2D eigenvalue weighted by molar-refractivity contribution is 5.89. The van der Waals surface area contributed by atoms with Gasteiger partial charge < -0.3 is 4.74 Å². The minimum Gasteiger partial charge on any atom is -0.462 e. The first-order valence-electron chi connectivity index (χ1n) is 9.33. The van der Waals surface area contributed by atoms with Crippen LogP contribution in [0.5, 0.6) is 0 Å². The highest BCUT2D eigenvalue weighted by atomic mass is 16.5. The summed E-state index contributed by atoms with van der Waals surface area (Å²) < 4.78 is 5.41. The lowest BCUT2D eigenvalue weighted by atomic mass is 9.95. The molecule has 1 aliphatic rings. The molecule has 0 saturated carbocycles. The molecule has 0 bridgehead atoms. The second-order valence-corrected chi connectivity index (χ2v) is 6.73. The summed E-state index contributed by atoms with van der Waals surface area (Å²) >= 11 is 0. The van der Waals surface area contributed by atoms with Crippen molar-refractivity contribution < 1.29 is 9.53 Å². The van der Waals surface area contributed by atoms with Crippen molar-refractivity contribution in [2.24, 2.45) is 0 Å². The van der Waals surface area contributed by atoms with Gasteiger partial charge in [0.25, 0.3) is 0 Å². The summed E-state index contributed by atoms with van der Waals surface area (Å²) in [6.45, 7) is 2.64. The lowest BCUT2D eigenvalue weighted by molar-refractivity contribution is 0.0472. The first-order chi connectivity index (χ1) is 12.3. The van der Waals surface area contributed by atoms with Crippen LogP contribution in [0.3, 0.4) is 0 Å². The Morgan fingerprint density at radius 2 is 1.72 bits per heavy atom. The fourth-order valence-corrected chi connectivity index (χ4v) is 3.56. The molecule has 1 fully saturated rings. The third-order valence-electron chi connectivity index (χ3n) is 4.90. The van der Waals surface area contributed by atoms with E-state index in [1.807, 2.05) is 18.2 Å². The molecule has 0 radical (unpaired) electrons. The zero-order valence-electron chi connectivity index (χ0n) is 14.8. The Morgan fingerprint density at radius 3 is 2.48 bits per heavy atom. The first kappa shape index (κ1) is 17.7. The number of benzene rings is 2. The van der Waals surface area contributed by atoms with E-state index in [1.165, 1.54) is 24.8 Å². The van der Waals surface area contributed by atoms with E-state index in [1.54, 1.807) is 12.1 Å². The quantitative estimate of drug-likeness (QED) is 0.556. The minimum absolute atomic E-state index is 0.222. The van der Waals surface area contributed by atoms with Crippen LogP contribution < -0.4 is 0 Å². The molecule has 0 unspecified atom stereocenters. The molecule has 3 rings (SSSR count). The standard InChI is InChI=1S/C22H27NO2/c24-22(20-12-5-2-6-13-20)25-17-9-16-23-15-8-7-14-21(23)18-19-10-3-1-4-11-19/h1-6,10-13,21H,7-9,14-18H2/t21-/m1/s1. The number of likely N-dealkylation sites (tertiary alicyclic amines) is 1. The van der Waals surface area contributed by atoms with Crippen LogP contribution in [0, 0.1) is 0 Å². The van der Waals surface area contributed by atoms with Crippen molar-refractivity contribution >= 4 is 5.97 Å². The molecule has 132 valence electrons. The normalized spacial score (nSPS) is 18.0. The van der Waals surface area contributed by atoms with Gasteiger partial charge >= 0.3 is 5.97 Å². The van der Waals surface area contributed by atoms with Gasteiger partial charge in [0.05, 0.1) is 12.2 Å². The molecule has 1 heterocycles. The predicted molar refractivity (Wildman–Crippen MR) is 101 cm³/mol. The number of piperidine rings is 1. The Kier molecular flexibility index (Phi) is 6.63. The molecule has 2 aromatic rings. The third-order valence-corrected chi connectivity index (χ3v) is 4.90. The molecule has 0 aromatic heterocycles. The van der Waals surface area contributed by atoms with Gasteiger partial charge in [-0.05, 0) is 49.9 Å². The van der Waals surface area contributed by atoms with Gasteiger partial charge in [-0.2, -0.15) is 0 Å². The smallest absolute Gasteiger partial charge is 0.338 e. The topological polar surface area (TPSA) is 29.5 Å². The molecular formula is C22H27NO2. The molecule has 0 aliphatic carbocycles. The summed E-state index contributed by atoms with van der Waals surface area (Å²) in [5.41, 5.74) is 2.04. The van der Waals surface area contributed by atoms with Gasteiger partial charge in [0.15, 0.2) is 0 Å². The number of esters is 1. The fraction of sp³-hybridized carbons (Fsp3) is 0.409. The van der Waals surface area contributed by atoms with Gasteiger partial charge in [-0.15, -0.1) is 0 Å². The highest BCUT2D eigenvalue weighted by Gasteiger charge is 2.22. The largest absolute Gasteiger partial charge is 0.462 e. The molecule has 1 saturated heterocycles. The van der Waals surface area contributed by atoms with Crippen LogP contribution in [-0.4, -0.2) is 36.6 Å². The van der Waals surface area contributed by atoms with Crippen LogP contribution in [0.25, 0.3) is 0 Å². The zero-order chi connectivity index (χ0) is 17.3. The second-order valence-electron chi connectivity index (χ2n) is 6.73. The van der Waals surface area contributed by atoms with Crippen LogP contribution >= 0.6 is 0 Å². The van der Waals surface area contributed by atoms with E-state index in [9.17, 15) is 4.79 Å². The maximum Gasteiger partial charge on any atom is 0.338 e. The molecule has 0 N–H and O–H groups in total. The number of carbonyl (C=O) groups is 1. The van der Waals surface area contributed by atoms with E-state index in [4.69, 9.17) is 4.74 Å². The number of hydrogen-bond donors (Lipinski definition) is 0. The maximum absolute atomic E-state index is 12.0. The van der Waals surface area contributed by atoms with Gasteiger partial charge in [0.1, 0.15) is 0 Å². The van der Waals surface area contributed by atoms with Gasteiger partial charge in [-0.3, -0.25) is 4.90 Å². The summed E-state index contributed by atoms with van der Waals surface area (Å²) in [6, 6.07) is 20.6. The van der Waals surface area contributed by atoms with Gasteiger partial charge in [0, 0.05) is 12.6 Å². The molecule has 25 heavy (non-hydrogen) atoms. The number of ether oxygens (including phenoxy) is 1. The molecule has 0 amide bonds. The van der Waals surface area contributed by atoms with E-state index in [0.29, 0.717) is 18.2 Å². The molecule has 0 spiro atoms. The van der Waals surface area contributed by atoms with Crippen molar-refractivity contribution in [3.05, 3.63) is 71.8 Å². The van der Waals surface area contributed by atoms with Crippen LogP contribution in [0.15, 0.2) is 60.7 Å². The average molecular weight is 337 g/mol. The summed E-state index contributed by atoms with van der Waals surface area (Å²) in [7, 11) is 0. The van der Waals surface area contributed by atoms with Crippen molar-refractivity contribution in [3.63, 3.8) is 0 Å². The number of nitrogens with zero attached hydrogens (tertiary/aromatic N) is 1. The molecular weight excluding hydrogens is 310 g/mol. The first-order valence-corrected chi connectivity index (χ1v) is 9.33. The van der Waals surface area contributed by atoms with Crippen molar-refractivity contribution in [1.29, 1.82) is 0 Å². The lowest BCUT2D eigenvalue weighted by Crippen LogP contribution is -2.41. The van der Waals surface area contributed by atoms with E-state index in [0.717, 1.165) is 25.9 Å². The van der Waals surface area contributed by atoms with Gasteiger partial charge in [-0.1, -0.05) is 55.0 Å². The number of rotatable bonds is 7. The summed E-state index contributed by atoms with van der Waals surface area (Å²) in [4.78, 5) is 14.5. The molecule has 1 atom stereocenters. The van der Waals surface area contributed by atoms with Gasteiger partial charge in [0.2, 0.25) is 0 Å². The number of carbonyl (C=O) groups excluding carboxylic acids is 1. The maximum atomic E-state index is 12.0. The van der Waals surface area contributed by atoms with Crippen molar-refractivity contribution in [2.45, 2.75) is 38.1 Å². The molecule has 3 heteroatoms. The Hall–Kier alpha value is -2.13. The van der Waals surface area contributed by atoms with Crippen molar-refractivity contribution in [1.82, 2.24) is 4.90 Å². The fourth-order valence-electron chi connectivity index (χ4n) is 3.56. The lowest BCUT2D eigenvalue weighted by Gasteiger charge is -2.36. The SMILES string of the molecule is O=C(OCCCN1CCCC[C@@H]1Cc1ccccc1)c1ccccc1.